The van der Waals surface area contributed by atoms with E-state index >= 15 is 0 Å². The van der Waals surface area contributed by atoms with Gasteiger partial charge in [-0.15, -0.1) is 0 Å². The lowest BCUT2D eigenvalue weighted by Crippen LogP contribution is -2.54. The zero-order valence-corrected chi connectivity index (χ0v) is 10.3. The largest absolute Gasteiger partial charge is 0.383 e. The van der Waals surface area contributed by atoms with Crippen molar-refractivity contribution in [3.05, 3.63) is 0 Å². The summed E-state index contributed by atoms with van der Waals surface area (Å²) in [6, 6.07) is 0. The lowest BCUT2D eigenvalue weighted by molar-refractivity contribution is -0.130. The second kappa shape index (κ2) is 6.18. The summed E-state index contributed by atoms with van der Waals surface area (Å²) in [5.74, 6) is -0.0771. The van der Waals surface area contributed by atoms with Crippen LogP contribution in [0.25, 0.3) is 0 Å². The summed E-state index contributed by atoms with van der Waals surface area (Å²) in [4.78, 5) is 11.6. The molecule has 1 aliphatic heterocycles. The van der Waals surface area contributed by atoms with E-state index in [0.717, 1.165) is 19.4 Å². The Labute approximate surface area is 96.9 Å². The molecule has 0 aromatic rings. The van der Waals surface area contributed by atoms with E-state index in [1.54, 1.807) is 14.0 Å². The van der Waals surface area contributed by atoms with Gasteiger partial charge in [0.1, 0.15) is 6.10 Å². The first-order valence-electron chi connectivity index (χ1n) is 5.68. The Bertz CT molecular complexity index is 227. The van der Waals surface area contributed by atoms with Gasteiger partial charge in [0.2, 0.25) is 5.91 Å². The topological polar surface area (TPSA) is 59.6 Å². The summed E-state index contributed by atoms with van der Waals surface area (Å²) >= 11 is 0. The van der Waals surface area contributed by atoms with Crippen LogP contribution in [0.3, 0.4) is 0 Å². The van der Waals surface area contributed by atoms with Crippen molar-refractivity contribution in [2.75, 3.05) is 33.9 Å². The van der Waals surface area contributed by atoms with E-state index in [1.807, 2.05) is 0 Å². The zero-order valence-electron chi connectivity index (χ0n) is 10.3. The minimum atomic E-state index is -0.402. The molecule has 1 fully saturated rings. The first-order valence-corrected chi connectivity index (χ1v) is 5.68. The van der Waals surface area contributed by atoms with Crippen molar-refractivity contribution in [2.24, 2.45) is 0 Å². The van der Waals surface area contributed by atoms with Crippen LogP contribution >= 0.6 is 0 Å². The van der Waals surface area contributed by atoms with Crippen molar-refractivity contribution in [1.29, 1.82) is 0 Å². The third-order valence-corrected chi connectivity index (χ3v) is 3.08. The number of ether oxygens (including phenoxy) is 2. The summed E-state index contributed by atoms with van der Waals surface area (Å²) in [6.45, 7) is 3.93. The van der Waals surface area contributed by atoms with Crippen LogP contribution in [-0.2, 0) is 14.3 Å². The number of amides is 1. The fourth-order valence-electron chi connectivity index (χ4n) is 1.98. The highest BCUT2D eigenvalue weighted by molar-refractivity contribution is 5.80. The molecule has 1 saturated heterocycles. The van der Waals surface area contributed by atoms with Gasteiger partial charge in [-0.2, -0.15) is 0 Å². The first kappa shape index (κ1) is 13.4. The van der Waals surface area contributed by atoms with Gasteiger partial charge in [-0.3, -0.25) is 4.79 Å². The number of nitrogens with one attached hydrogen (secondary N) is 2. The van der Waals surface area contributed by atoms with Crippen molar-refractivity contribution in [3.63, 3.8) is 0 Å². The normalized spacial score (nSPS) is 26.7. The van der Waals surface area contributed by atoms with Crippen LogP contribution in [0.5, 0.6) is 0 Å². The van der Waals surface area contributed by atoms with Gasteiger partial charge in [-0.1, -0.05) is 0 Å². The Morgan fingerprint density at radius 3 is 2.81 bits per heavy atom. The molecule has 1 rings (SSSR count). The Kier molecular flexibility index (Phi) is 5.18. The highest BCUT2D eigenvalue weighted by Crippen LogP contribution is 2.18. The number of carbonyl (C=O) groups excluding carboxylic acids is 1. The molecule has 5 heteroatoms. The summed E-state index contributed by atoms with van der Waals surface area (Å²) in [7, 11) is 3.21. The van der Waals surface area contributed by atoms with Crippen molar-refractivity contribution in [3.8, 4) is 0 Å². The molecule has 5 nitrogen and oxygen atoms in total. The molecule has 2 N–H and O–H groups in total. The minimum absolute atomic E-state index is 0.0771. The molecule has 0 saturated carbocycles. The monoisotopic (exact) mass is 230 g/mol. The molecule has 2 atom stereocenters. The maximum atomic E-state index is 11.6. The molecule has 1 aliphatic rings. The second-order valence-corrected chi connectivity index (χ2v) is 4.34. The highest BCUT2D eigenvalue weighted by atomic mass is 16.5. The van der Waals surface area contributed by atoms with Crippen molar-refractivity contribution in [2.45, 2.75) is 31.4 Å². The Morgan fingerprint density at radius 2 is 2.31 bits per heavy atom. The van der Waals surface area contributed by atoms with Gasteiger partial charge < -0.3 is 20.1 Å². The van der Waals surface area contributed by atoms with Crippen LogP contribution < -0.4 is 10.6 Å². The third kappa shape index (κ3) is 3.43. The number of rotatable bonds is 6. The lowest BCUT2D eigenvalue weighted by Gasteiger charge is -2.29. The molecule has 1 heterocycles. The Hall–Kier alpha value is -0.650. The maximum absolute atomic E-state index is 11.6. The summed E-state index contributed by atoms with van der Waals surface area (Å²) in [6.07, 6.45) is 1.75. The van der Waals surface area contributed by atoms with Crippen LogP contribution in [-0.4, -0.2) is 51.5 Å². The molecule has 1 amide bonds. The van der Waals surface area contributed by atoms with Gasteiger partial charge >= 0.3 is 0 Å². The average Bonchev–Trinajstić information content (AvgIpc) is 2.74. The van der Waals surface area contributed by atoms with Crippen LogP contribution in [0, 0.1) is 0 Å². The van der Waals surface area contributed by atoms with E-state index in [1.165, 1.54) is 7.11 Å². The van der Waals surface area contributed by atoms with E-state index in [0.29, 0.717) is 13.2 Å². The van der Waals surface area contributed by atoms with Crippen molar-refractivity contribution in [1.82, 2.24) is 10.6 Å². The second-order valence-electron chi connectivity index (χ2n) is 4.34. The maximum Gasteiger partial charge on any atom is 0.248 e. The minimum Gasteiger partial charge on any atom is -0.383 e. The van der Waals surface area contributed by atoms with E-state index in [-0.39, 0.29) is 11.4 Å². The molecule has 94 valence electrons. The molecule has 16 heavy (non-hydrogen) atoms. The molecule has 2 unspecified atom stereocenters. The fraction of sp³-hybridized carbons (Fsp3) is 0.909. The lowest BCUT2D eigenvalue weighted by atomic mass is 9.98. The Morgan fingerprint density at radius 1 is 1.56 bits per heavy atom. The van der Waals surface area contributed by atoms with Crippen molar-refractivity contribution >= 4 is 5.91 Å². The molecule has 0 spiro atoms. The van der Waals surface area contributed by atoms with Crippen molar-refractivity contribution < 1.29 is 14.3 Å². The van der Waals surface area contributed by atoms with E-state index in [9.17, 15) is 4.79 Å². The van der Waals surface area contributed by atoms with Gasteiger partial charge in [-0.25, -0.2) is 0 Å². The molecule has 0 aromatic carbocycles. The number of methoxy groups -OCH3 is 2. The predicted octanol–water partition coefficient (Wildman–Crippen LogP) is -0.0939. The predicted molar refractivity (Wildman–Crippen MR) is 61.3 cm³/mol. The van der Waals surface area contributed by atoms with Crippen LogP contribution in [0.2, 0.25) is 0 Å². The van der Waals surface area contributed by atoms with Crippen LogP contribution in [0.4, 0.5) is 0 Å². The molecular formula is C11H22N2O3. The van der Waals surface area contributed by atoms with Gasteiger partial charge in [0.15, 0.2) is 0 Å². The first-order chi connectivity index (χ1) is 7.63. The molecule has 0 bridgehead atoms. The highest BCUT2D eigenvalue weighted by Gasteiger charge is 2.34. The van der Waals surface area contributed by atoms with E-state index in [4.69, 9.17) is 9.47 Å². The third-order valence-electron chi connectivity index (χ3n) is 3.08. The quantitative estimate of drug-likeness (QED) is 0.669. The standard InChI is InChI=1S/C11H22N2O3/c1-9(16-3)10(14)12-7-11(8-15-2)5-4-6-13-11/h9,13H,4-8H2,1-3H3,(H,12,14). The number of carbonyl (C=O) groups is 1. The summed E-state index contributed by atoms with van der Waals surface area (Å²) in [5.41, 5.74) is -0.0993. The van der Waals surface area contributed by atoms with Crippen LogP contribution in [0.1, 0.15) is 19.8 Å². The molecule has 0 aromatic heterocycles. The van der Waals surface area contributed by atoms with E-state index < -0.39 is 6.10 Å². The van der Waals surface area contributed by atoms with Gasteiger partial charge in [0.05, 0.1) is 12.1 Å². The average molecular weight is 230 g/mol. The fourth-order valence-corrected chi connectivity index (χ4v) is 1.98. The summed E-state index contributed by atoms with van der Waals surface area (Å²) in [5, 5.41) is 6.30. The number of hydrogen-bond acceptors (Lipinski definition) is 4. The molecular weight excluding hydrogens is 208 g/mol. The molecule has 0 aliphatic carbocycles. The van der Waals surface area contributed by atoms with E-state index in [2.05, 4.69) is 10.6 Å². The number of hydrogen-bond donors (Lipinski definition) is 2. The van der Waals surface area contributed by atoms with Gasteiger partial charge in [0.25, 0.3) is 0 Å². The van der Waals surface area contributed by atoms with Gasteiger partial charge in [0, 0.05) is 20.8 Å². The van der Waals surface area contributed by atoms with Gasteiger partial charge in [-0.05, 0) is 26.3 Å². The summed E-state index contributed by atoms with van der Waals surface area (Å²) < 4.78 is 10.2. The molecule has 0 radical (unpaired) electrons. The van der Waals surface area contributed by atoms with Crippen LogP contribution in [0.15, 0.2) is 0 Å². The zero-order chi connectivity index (χ0) is 12.0. The Balaban J connectivity index is 2.41. The smallest absolute Gasteiger partial charge is 0.248 e. The SMILES string of the molecule is COCC1(CNC(=O)C(C)OC)CCCN1.